The number of hydrogen-bond donors (Lipinski definition) is 1. The molecule has 1 aliphatic rings. The smallest absolute Gasteiger partial charge is 0.275 e. The second-order valence-electron chi connectivity index (χ2n) is 5.39. The Balaban J connectivity index is 2.33. The summed E-state index contributed by atoms with van der Waals surface area (Å²) in [7, 11) is 1.62. The number of aliphatic imine (C=N–C) groups is 1. The summed E-state index contributed by atoms with van der Waals surface area (Å²) >= 11 is 0. The molecule has 1 aliphatic heterocycles. The van der Waals surface area contributed by atoms with E-state index in [9.17, 15) is 4.79 Å². The van der Waals surface area contributed by atoms with E-state index < -0.39 is 0 Å². The molecule has 0 spiro atoms. The fraction of sp³-hybridized carbons (Fsp3) is 0.375. The molecule has 1 heterocycles. The Morgan fingerprint density at radius 1 is 1.40 bits per heavy atom. The lowest BCUT2D eigenvalue weighted by Crippen LogP contribution is -2.24. The van der Waals surface area contributed by atoms with Crippen LogP contribution in [-0.4, -0.2) is 18.9 Å². The first-order chi connectivity index (χ1) is 9.49. The predicted octanol–water partition coefficient (Wildman–Crippen LogP) is 2.92. The van der Waals surface area contributed by atoms with Crippen LogP contribution in [0.15, 0.2) is 28.9 Å². The molecule has 0 radical (unpaired) electrons. The van der Waals surface area contributed by atoms with E-state index in [0.29, 0.717) is 11.6 Å². The fourth-order valence-electron chi connectivity index (χ4n) is 2.11. The van der Waals surface area contributed by atoms with Gasteiger partial charge in [-0.2, -0.15) is 0 Å². The number of rotatable bonds is 4. The van der Waals surface area contributed by atoms with Crippen molar-refractivity contribution in [2.45, 2.75) is 27.2 Å². The molecule has 1 N–H and O–H groups in total. The maximum absolute atomic E-state index is 11.9. The number of hydrogen-bond acceptors (Lipinski definition) is 3. The van der Waals surface area contributed by atoms with E-state index in [2.05, 4.69) is 24.2 Å². The van der Waals surface area contributed by atoms with E-state index in [1.807, 2.05) is 25.1 Å². The van der Waals surface area contributed by atoms with E-state index in [1.165, 1.54) is 0 Å². The van der Waals surface area contributed by atoms with Crippen molar-refractivity contribution >= 4 is 17.8 Å². The molecule has 0 saturated carbocycles. The normalized spacial score (nSPS) is 16.6. The Hall–Kier alpha value is -2.10. The highest BCUT2D eigenvalue weighted by Crippen LogP contribution is 2.24. The quantitative estimate of drug-likeness (QED) is 0.857. The SMILES string of the molecule is COc1ccc(C)cc1/C=C1/N=C(CC(C)C)NC1=O. The molecule has 1 amide bonds. The minimum absolute atomic E-state index is 0.149. The molecule has 0 aromatic heterocycles. The van der Waals surface area contributed by atoms with Crippen molar-refractivity contribution in [1.82, 2.24) is 5.32 Å². The predicted molar refractivity (Wildman–Crippen MR) is 80.7 cm³/mol. The lowest BCUT2D eigenvalue weighted by atomic mass is 10.1. The molecule has 1 aromatic carbocycles. The molecule has 1 aromatic rings. The van der Waals surface area contributed by atoms with Gasteiger partial charge >= 0.3 is 0 Å². The van der Waals surface area contributed by atoms with Gasteiger partial charge in [0.25, 0.3) is 5.91 Å². The molecular formula is C16H20N2O2. The maximum atomic E-state index is 11.9. The van der Waals surface area contributed by atoms with Crippen molar-refractivity contribution in [3.05, 3.63) is 35.0 Å². The van der Waals surface area contributed by atoms with Gasteiger partial charge in [-0.15, -0.1) is 0 Å². The van der Waals surface area contributed by atoms with Crippen LogP contribution in [0, 0.1) is 12.8 Å². The van der Waals surface area contributed by atoms with Crippen LogP contribution in [0.2, 0.25) is 0 Å². The van der Waals surface area contributed by atoms with Crippen molar-refractivity contribution in [3.63, 3.8) is 0 Å². The summed E-state index contributed by atoms with van der Waals surface area (Å²) in [4.78, 5) is 16.3. The molecule has 0 bridgehead atoms. The van der Waals surface area contributed by atoms with Gasteiger partial charge in [-0.3, -0.25) is 4.79 Å². The maximum Gasteiger partial charge on any atom is 0.275 e. The van der Waals surface area contributed by atoms with Crippen molar-refractivity contribution < 1.29 is 9.53 Å². The second-order valence-corrected chi connectivity index (χ2v) is 5.39. The Bertz CT molecular complexity index is 586. The van der Waals surface area contributed by atoms with Crippen LogP contribution in [0.4, 0.5) is 0 Å². The lowest BCUT2D eigenvalue weighted by molar-refractivity contribution is -0.115. The largest absolute Gasteiger partial charge is 0.496 e. The zero-order valence-corrected chi connectivity index (χ0v) is 12.4. The van der Waals surface area contributed by atoms with E-state index in [-0.39, 0.29) is 5.91 Å². The first-order valence-electron chi connectivity index (χ1n) is 6.75. The Morgan fingerprint density at radius 3 is 2.80 bits per heavy atom. The van der Waals surface area contributed by atoms with Crippen molar-refractivity contribution in [2.24, 2.45) is 10.9 Å². The monoisotopic (exact) mass is 272 g/mol. The molecule has 0 unspecified atom stereocenters. The first kappa shape index (κ1) is 14.3. The van der Waals surface area contributed by atoms with Crippen molar-refractivity contribution in [3.8, 4) is 5.75 Å². The summed E-state index contributed by atoms with van der Waals surface area (Å²) in [5.74, 6) is 1.79. The summed E-state index contributed by atoms with van der Waals surface area (Å²) in [6, 6.07) is 5.85. The standard InChI is InChI=1S/C16H20N2O2/c1-10(2)7-15-17-13(16(19)18-15)9-12-8-11(3)5-6-14(12)20-4/h5-6,8-10H,7H2,1-4H3,(H,17,18,19)/b13-9+. The highest BCUT2D eigenvalue weighted by molar-refractivity contribution is 6.14. The van der Waals surface area contributed by atoms with Crippen LogP contribution in [0.5, 0.6) is 5.75 Å². The van der Waals surface area contributed by atoms with E-state index in [1.54, 1.807) is 13.2 Å². The number of benzene rings is 1. The van der Waals surface area contributed by atoms with E-state index >= 15 is 0 Å². The topological polar surface area (TPSA) is 50.7 Å². The molecular weight excluding hydrogens is 252 g/mol. The third kappa shape index (κ3) is 3.26. The summed E-state index contributed by atoms with van der Waals surface area (Å²) < 4.78 is 5.31. The Kier molecular flexibility index (Phi) is 4.23. The third-order valence-electron chi connectivity index (χ3n) is 3.02. The molecule has 106 valence electrons. The van der Waals surface area contributed by atoms with Gasteiger partial charge in [0.15, 0.2) is 0 Å². The molecule has 4 heteroatoms. The van der Waals surface area contributed by atoms with E-state index in [0.717, 1.165) is 29.1 Å². The van der Waals surface area contributed by atoms with Gasteiger partial charge in [0, 0.05) is 12.0 Å². The van der Waals surface area contributed by atoms with Crippen LogP contribution in [-0.2, 0) is 4.79 Å². The summed E-state index contributed by atoms with van der Waals surface area (Å²) in [6.07, 6.45) is 2.54. The van der Waals surface area contributed by atoms with Crippen LogP contribution in [0.1, 0.15) is 31.4 Å². The third-order valence-corrected chi connectivity index (χ3v) is 3.02. The van der Waals surface area contributed by atoms with Crippen LogP contribution < -0.4 is 10.1 Å². The number of ether oxygens (including phenoxy) is 1. The van der Waals surface area contributed by atoms with Gasteiger partial charge in [-0.05, 0) is 31.1 Å². The molecule has 4 nitrogen and oxygen atoms in total. The fourth-order valence-corrected chi connectivity index (χ4v) is 2.11. The number of amides is 1. The Labute approximate surface area is 119 Å². The van der Waals surface area contributed by atoms with Crippen LogP contribution in [0.25, 0.3) is 6.08 Å². The van der Waals surface area contributed by atoms with Gasteiger partial charge in [0.05, 0.1) is 7.11 Å². The average molecular weight is 272 g/mol. The zero-order chi connectivity index (χ0) is 14.7. The minimum Gasteiger partial charge on any atom is -0.496 e. The number of nitrogens with one attached hydrogen (secondary N) is 1. The number of amidine groups is 1. The van der Waals surface area contributed by atoms with Gasteiger partial charge in [-0.25, -0.2) is 4.99 Å². The van der Waals surface area contributed by atoms with Gasteiger partial charge in [-0.1, -0.05) is 25.5 Å². The van der Waals surface area contributed by atoms with Gasteiger partial charge in [0.2, 0.25) is 0 Å². The lowest BCUT2D eigenvalue weighted by Gasteiger charge is -2.05. The Morgan fingerprint density at radius 2 is 2.15 bits per heavy atom. The van der Waals surface area contributed by atoms with Crippen LogP contribution in [0.3, 0.4) is 0 Å². The zero-order valence-electron chi connectivity index (χ0n) is 12.4. The molecule has 20 heavy (non-hydrogen) atoms. The summed E-state index contributed by atoms with van der Waals surface area (Å²) in [5, 5.41) is 2.81. The highest BCUT2D eigenvalue weighted by Gasteiger charge is 2.20. The molecule has 0 atom stereocenters. The number of aryl methyl sites for hydroxylation is 1. The number of methoxy groups -OCH3 is 1. The molecule has 2 rings (SSSR count). The van der Waals surface area contributed by atoms with Crippen LogP contribution >= 0.6 is 0 Å². The summed E-state index contributed by atoms with van der Waals surface area (Å²) in [6.45, 7) is 6.20. The average Bonchev–Trinajstić information content (AvgIpc) is 2.69. The number of carbonyl (C=O) groups is 1. The second kappa shape index (κ2) is 5.90. The van der Waals surface area contributed by atoms with Crippen molar-refractivity contribution in [1.29, 1.82) is 0 Å². The van der Waals surface area contributed by atoms with Gasteiger partial charge in [0.1, 0.15) is 17.3 Å². The summed E-state index contributed by atoms with van der Waals surface area (Å²) in [5.41, 5.74) is 2.42. The minimum atomic E-state index is -0.149. The molecule has 0 aliphatic carbocycles. The first-order valence-corrected chi connectivity index (χ1v) is 6.75. The van der Waals surface area contributed by atoms with E-state index in [4.69, 9.17) is 4.74 Å². The van der Waals surface area contributed by atoms with Gasteiger partial charge < -0.3 is 10.1 Å². The molecule has 0 fully saturated rings. The van der Waals surface area contributed by atoms with Crippen molar-refractivity contribution in [2.75, 3.05) is 7.11 Å². The highest BCUT2D eigenvalue weighted by atomic mass is 16.5. The molecule has 0 saturated heterocycles. The number of carbonyl (C=O) groups excluding carboxylic acids is 1. The number of nitrogens with zero attached hydrogens (tertiary/aromatic N) is 1.